The summed E-state index contributed by atoms with van der Waals surface area (Å²) in [7, 11) is -0.301. The fraction of sp³-hybridized carbons (Fsp3) is 0.500. The van der Waals surface area contributed by atoms with Gasteiger partial charge in [0, 0.05) is 14.1 Å². The van der Waals surface area contributed by atoms with Gasteiger partial charge in [0.1, 0.15) is 6.54 Å². The van der Waals surface area contributed by atoms with Crippen LogP contribution >= 0.6 is 0 Å². The number of nitrogens with zero attached hydrogens (tertiary/aromatic N) is 2. The van der Waals surface area contributed by atoms with Crippen LogP contribution in [0.3, 0.4) is 0 Å². The third kappa shape index (κ3) is 3.72. The predicted octanol–water partition coefficient (Wildman–Crippen LogP) is 1.47. The third-order valence-corrected chi connectivity index (χ3v) is 4.18. The van der Waals surface area contributed by atoms with Crippen LogP contribution in [-0.2, 0) is 14.8 Å². The van der Waals surface area contributed by atoms with Crippen molar-refractivity contribution in [1.29, 1.82) is 0 Å². The van der Waals surface area contributed by atoms with Gasteiger partial charge in [-0.3, -0.25) is 9.10 Å². The Morgan fingerprint density at radius 1 is 1.10 bits per heavy atom. The van der Waals surface area contributed by atoms with E-state index in [0.29, 0.717) is 5.69 Å². The molecule has 0 radical (unpaired) electrons. The van der Waals surface area contributed by atoms with Gasteiger partial charge in [-0.05, 0) is 31.9 Å². The van der Waals surface area contributed by atoms with Crippen LogP contribution in [0, 0.1) is 20.8 Å². The van der Waals surface area contributed by atoms with E-state index in [-0.39, 0.29) is 12.5 Å². The van der Waals surface area contributed by atoms with Crippen molar-refractivity contribution in [3.63, 3.8) is 0 Å². The molecular formula is C14H22N2O3S. The first kappa shape index (κ1) is 16.5. The lowest BCUT2D eigenvalue weighted by molar-refractivity contribution is -0.127. The van der Waals surface area contributed by atoms with Crippen LogP contribution in [0.15, 0.2) is 12.1 Å². The number of carbonyl (C=O) groups excluding carboxylic acids is 1. The molecule has 1 rings (SSSR count). The van der Waals surface area contributed by atoms with Gasteiger partial charge in [-0.25, -0.2) is 8.42 Å². The molecule has 0 bridgehead atoms. The molecule has 112 valence electrons. The summed E-state index contributed by atoms with van der Waals surface area (Å²) in [4.78, 5) is 13.3. The minimum absolute atomic E-state index is 0.184. The Kier molecular flexibility index (Phi) is 4.81. The highest BCUT2D eigenvalue weighted by Crippen LogP contribution is 2.28. The zero-order valence-electron chi connectivity index (χ0n) is 12.9. The van der Waals surface area contributed by atoms with Crippen molar-refractivity contribution in [2.45, 2.75) is 20.8 Å². The number of likely N-dealkylation sites (N-methyl/N-ethyl adjacent to an activating group) is 1. The predicted molar refractivity (Wildman–Crippen MR) is 81.5 cm³/mol. The molecule has 0 aliphatic carbocycles. The van der Waals surface area contributed by atoms with Gasteiger partial charge in [0.2, 0.25) is 15.9 Å². The summed E-state index contributed by atoms with van der Waals surface area (Å²) >= 11 is 0. The van der Waals surface area contributed by atoms with Crippen molar-refractivity contribution < 1.29 is 13.2 Å². The van der Waals surface area contributed by atoms with Crippen molar-refractivity contribution in [3.8, 4) is 0 Å². The molecule has 6 heteroatoms. The molecule has 0 spiro atoms. The smallest absolute Gasteiger partial charge is 0.242 e. The average molecular weight is 298 g/mol. The van der Waals surface area contributed by atoms with E-state index in [1.54, 1.807) is 14.1 Å². The highest BCUT2D eigenvalue weighted by Gasteiger charge is 2.24. The van der Waals surface area contributed by atoms with Crippen LogP contribution in [0.5, 0.6) is 0 Å². The standard InChI is InChI=1S/C14H22N2O3S/c1-10-7-11(2)14(12(3)8-10)16(20(6,18)19)9-13(17)15(4)5/h7-8H,9H2,1-6H3. The molecule has 0 unspecified atom stereocenters. The molecule has 1 aromatic rings. The molecule has 0 saturated carbocycles. The first-order chi connectivity index (χ1) is 9.04. The summed E-state index contributed by atoms with van der Waals surface area (Å²) in [6.07, 6.45) is 1.12. The van der Waals surface area contributed by atoms with Crippen molar-refractivity contribution in [3.05, 3.63) is 28.8 Å². The van der Waals surface area contributed by atoms with Crippen LogP contribution in [-0.4, -0.2) is 46.1 Å². The Labute approximate surface area is 121 Å². The Bertz CT molecular complexity index is 598. The first-order valence-corrected chi connectivity index (χ1v) is 8.14. The van der Waals surface area contributed by atoms with Crippen LogP contribution in [0.1, 0.15) is 16.7 Å². The number of hydrogen-bond donors (Lipinski definition) is 0. The lowest BCUT2D eigenvalue weighted by Gasteiger charge is -2.27. The summed E-state index contributed by atoms with van der Waals surface area (Å²) < 4.78 is 25.2. The minimum atomic E-state index is -3.52. The number of carbonyl (C=O) groups is 1. The summed E-state index contributed by atoms with van der Waals surface area (Å²) in [5.74, 6) is -0.255. The molecule has 0 saturated heterocycles. The van der Waals surface area contributed by atoms with E-state index in [1.165, 1.54) is 9.21 Å². The summed E-state index contributed by atoms with van der Waals surface area (Å²) in [6.45, 7) is 5.48. The van der Waals surface area contributed by atoms with Crippen molar-refractivity contribution in [2.24, 2.45) is 0 Å². The van der Waals surface area contributed by atoms with E-state index in [2.05, 4.69) is 0 Å². The van der Waals surface area contributed by atoms with E-state index in [9.17, 15) is 13.2 Å². The molecule has 1 aromatic carbocycles. The van der Waals surface area contributed by atoms with Gasteiger partial charge in [0.25, 0.3) is 0 Å². The topological polar surface area (TPSA) is 57.7 Å². The van der Waals surface area contributed by atoms with Gasteiger partial charge in [-0.2, -0.15) is 0 Å². The zero-order chi connectivity index (χ0) is 15.7. The number of amides is 1. The fourth-order valence-electron chi connectivity index (χ4n) is 2.19. The number of rotatable bonds is 4. The molecule has 0 aliphatic rings. The van der Waals surface area contributed by atoms with Gasteiger partial charge < -0.3 is 4.90 Å². The van der Waals surface area contributed by atoms with E-state index in [0.717, 1.165) is 22.9 Å². The van der Waals surface area contributed by atoms with E-state index >= 15 is 0 Å². The molecule has 5 nitrogen and oxygen atoms in total. The second-order valence-electron chi connectivity index (χ2n) is 5.31. The van der Waals surface area contributed by atoms with E-state index < -0.39 is 10.0 Å². The molecule has 0 N–H and O–H groups in total. The maximum absolute atomic E-state index is 12.0. The molecule has 0 aromatic heterocycles. The molecule has 0 heterocycles. The highest BCUT2D eigenvalue weighted by atomic mass is 32.2. The Hall–Kier alpha value is -1.56. The van der Waals surface area contributed by atoms with Gasteiger partial charge in [-0.15, -0.1) is 0 Å². The highest BCUT2D eigenvalue weighted by molar-refractivity contribution is 7.92. The maximum Gasteiger partial charge on any atom is 0.242 e. The molecule has 0 aliphatic heterocycles. The number of anilines is 1. The van der Waals surface area contributed by atoms with Crippen LogP contribution in [0.4, 0.5) is 5.69 Å². The number of aryl methyl sites for hydroxylation is 3. The SMILES string of the molecule is Cc1cc(C)c(N(CC(=O)N(C)C)S(C)(=O)=O)c(C)c1. The second kappa shape index (κ2) is 5.83. The van der Waals surface area contributed by atoms with E-state index in [4.69, 9.17) is 0 Å². The maximum atomic E-state index is 12.0. The monoisotopic (exact) mass is 298 g/mol. The van der Waals surface area contributed by atoms with Gasteiger partial charge in [-0.1, -0.05) is 17.7 Å². The molecule has 0 atom stereocenters. The fourth-order valence-corrected chi connectivity index (χ4v) is 3.16. The second-order valence-corrected chi connectivity index (χ2v) is 7.21. The Morgan fingerprint density at radius 2 is 1.55 bits per heavy atom. The lowest BCUT2D eigenvalue weighted by atomic mass is 10.1. The average Bonchev–Trinajstić information content (AvgIpc) is 2.24. The summed E-state index contributed by atoms with van der Waals surface area (Å²) in [6, 6.07) is 3.83. The van der Waals surface area contributed by atoms with Crippen molar-refractivity contribution >= 4 is 21.6 Å². The van der Waals surface area contributed by atoms with Crippen LogP contribution in [0.2, 0.25) is 0 Å². The largest absolute Gasteiger partial charge is 0.347 e. The normalized spacial score (nSPS) is 11.3. The zero-order valence-corrected chi connectivity index (χ0v) is 13.7. The third-order valence-electron chi connectivity index (χ3n) is 3.06. The number of hydrogen-bond acceptors (Lipinski definition) is 3. The van der Waals surface area contributed by atoms with E-state index in [1.807, 2.05) is 32.9 Å². The lowest BCUT2D eigenvalue weighted by Crippen LogP contribution is -2.40. The number of benzene rings is 1. The van der Waals surface area contributed by atoms with Crippen molar-refractivity contribution in [1.82, 2.24) is 4.90 Å². The van der Waals surface area contributed by atoms with Crippen LogP contribution in [0.25, 0.3) is 0 Å². The summed E-state index contributed by atoms with van der Waals surface area (Å²) in [5.41, 5.74) is 3.35. The Balaban J connectivity index is 3.37. The van der Waals surface area contributed by atoms with Gasteiger partial charge >= 0.3 is 0 Å². The first-order valence-electron chi connectivity index (χ1n) is 6.29. The molecular weight excluding hydrogens is 276 g/mol. The summed E-state index contributed by atoms with van der Waals surface area (Å²) in [5, 5.41) is 0. The van der Waals surface area contributed by atoms with Gasteiger partial charge in [0.15, 0.2) is 0 Å². The molecule has 0 fully saturated rings. The number of sulfonamides is 1. The van der Waals surface area contributed by atoms with Crippen molar-refractivity contribution in [2.75, 3.05) is 31.2 Å². The van der Waals surface area contributed by atoms with Crippen LogP contribution < -0.4 is 4.31 Å². The minimum Gasteiger partial charge on any atom is -0.347 e. The van der Waals surface area contributed by atoms with Gasteiger partial charge in [0.05, 0.1) is 11.9 Å². The molecule has 20 heavy (non-hydrogen) atoms. The Morgan fingerprint density at radius 3 is 1.90 bits per heavy atom. The quantitative estimate of drug-likeness (QED) is 0.845. The molecule has 1 amide bonds.